The number of nitrogens with one attached hydrogen (secondary N) is 3. The van der Waals surface area contributed by atoms with Crippen LogP contribution in [0.4, 0.5) is 0 Å². The third-order valence-corrected chi connectivity index (χ3v) is 2.75. The molecule has 7 heteroatoms. The lowest BCUT2D eigenvalue weighted by molar-refractivity contribution is 0.416. The Morgan fingerprint density at radius 2 is 1.89 bits per heavy atom. The average Bonchev–Trinajstić information content (AvgIpc) is 2.82. The summed E-state index contributed by atoms with van der Waals surface area (Å²) in [5.74, 6) is 1.08. The number of aromatic nitrogens is 4. The van der Waals surface area contributed by atoms with Crippen LogP contribution in [0.5, 0.6) is 5.75 Å². The van der Waals surface area contributed by atoms with E-state index in [4.69, 9.17) is 4.74 Å². The van der Waals surface area contributed by atoms with Crippen LogP contribution in [0.1, 0.15) is 0 Å². The number of rotatable bonds is 2. The second-order valence-corrected chi connectivity index (χ2v) is 3.92. The Hall–Kier alpha value is -2.83. The quantitative estimate of drug-likeness (QED) is 0.626. The fraction of sp³-hybridized carbons (Fsp3) is 0.0833. The van der Waals surface area contributed by atoms with Crippen molar-refractivity contribution in [2.45, 2.75) is 0 Å². The molecular formula is C12H10N4O3. The van der Waals surface area contributed by atoms with Crippen LogP contribution in [0.2, 0.25) is 0 Å². The summed E-state index contributed by atoms with van der Waals surface area (Å²) in [6.45, 7) is 0. The number of H-pyrrole nitrogens is 3. The number of fused-ring (bicyclic) bond motifs is 1. The van der Waals surface area contributed by atoms with Gasteiger partial charge in [-0.3, -0.25) is 14.8 Å². The highest BCUT2D eigenvalue weighted by Gasteiger charge is 2.12. The fourth-order valence-electron chi connectivity index (χ4n) is 1.90. The largest absolute Gasteiger partial charge is 0.496 e. The lowest BCUT2D eigenvalue weighted by atomic mass is 10.2. The van der Waals surface area contributed by atoms with Crippen LogP contribution in [0.3, 0.4) is 0 Å². The fourth-order valence-corrected chi connectivity index (χ4v) is 1.90. The summed E-state index contributed by atoms with van der Waals surface area (Å²) >= 11 is 0. The van der Waals surface area contributed by atoms with Crippen molar-refractivity contribution in [1.29, 1.82) is 0 Å². The number of hydrogen-bond acceptors (Lipinski definition) is 4. The van der Waals surface area contributed by atoms with Crippen molar-refractivity contribution in [2.75, 3.05) is 7.11 Å². The molecule has 2 heterocycles. The van der Waals surface area contributed by atoms with E-state index in [9.17, 15) is 9.59 Å². The van der Waals surface area contributed by atoms with Gasteiger partial charge in [0.25, 0.3) is 5.56 Å². The smallest absolute Gasteiger partial charge is 0.327 e. The molecule has 0 unspecified atom stereocenters. The number of aromatic amines is 3. The van der Waals surface area contributed by atoms with Crippen LogP contribution in [-0.4, -0.2) is 27.0 Å². The highest BCUT2D eigenvalue weighted by Crippen LogP contribution is 2.27. The van der Waals surface area contributed by atoms with Gasteiger partial charge in [0.2, 0.25) is 0 Å². The minimum atomic E-state index is -0.587. The molecule has 0 saturated carbocycles. The van der Waals surface area contributed by atoms with E-state index in [1.807, 2.05) is 18.2 Å². The van der Waals surface area contributed by atoms with Gasteiger partial charge in [0, 0.05) is 0 Å². The Morgan fingerprint density at radius 1 is 1.11 bits per heavy atom. The zero-order valence-electron chi connectivity index (χ0n) is 9.98. The summed E-state index contributed by atoms with van der Waals surface area (Å²) in [5, 5.41) is 0. The van der Waals surface area contributed by atoms with Crippen molar-refractivity contribution in [2.24, 2.45) is 0 Å². The monoisotopic (exact) mass is 258 g/mol. The highest BCUT2D eigenvalue weighted by molar-refractivity contribution is 5.76. The molecule has 0 aliphatic carbocycles. The van der Waals surface area contributed by atoms with E-state index in [0.29, 0.717) is 17.1 Å². The van der Waals surface area contributed by atoms with Crippen molar-refractivity contribution in [1.82, 2.24) is 19.9 Å². The van der Waals surface area contributed by atoms with Crippen LogP contribution in [0.25, 0.3) is 22.6 Å². The van der Waals surface area contributed by atoms with Gasteiger partial charge in [-0.1, -0.05) is 12.1 Å². The van der Waals surface area contributed by atoms with Crippen LogP contribution < -0.4 is 16.0 Å². The first-order valence-electron chi connectivity index (χ1n) is 5.55. The van der Waals surface area contributed by atoms with Gasteiger partial charge in [0.05, 0.1) is 12.7 Å². The molecule has 3 aromatic rings. The van der Waals surface area contributed by atoms with Gasteiger partial charge in [-0.25, -0.2) is 9.78 Å². The second kappa shape index (κ2) is 4.13. The van der Waals surface area contributed by atoms with Crippen molar-refractivity contribution in [3.63, 3.8) is 0 Å². The van der Waals surface area contributed by atoms with Crippen molar-refractivity contribution < 1.29 is 4.74 Å². The lowest BCUT2D eigenvalue weighted by Crippen LogP contribution is -2.21. The molecule has 96 valence electrons. The van der Waals surface area contributed by atoms with Crippen LogP contribution in [0, 0.1) is 0 Å². The number of ether oxygens (including phenoxy) is 1. The van der Waals surface area contributed by atoms with Crippen molar-refractivity contribution in [3.8, 4) is 17.1 Å². The maximum atomic E-state index is 11.6. The minimum absolute atomic E-state index is 0.217. The normalized spacial score (nSPS) is 10.8. The second-order valence-electron chi connectivity index (χ2n) is 3.92. The molecule has 19 heavy (non-hydrogen) atoms. The van der Waals surface area contributed by atoms with Gasteiger partial charge in [-0.2, -0.15) is 0 Å². The molecule has 0 atom stereocenters. The first-order chi connectivity index (χ1) is 9.19. The third kappa shape index (κ3) is 1.81. The molecular weight excluding hydrogens is 248 g/mol. The standard InChI is InChI=1S/C12H10N4O3/c1-19-7-5-3-2-4-6(7)9-13-8-10(14-9)15-12(18)16-11(8)17/h2-5H,1H3,(H3,13,14,15,16,17,18). The Morgan fingerprint density at radius 3 is 2.68 bits per heavy atom. The van der Waals surface area contributed by atoms with E-state index < -0.39 is 11.2 Å². The van der Waals surface area contributed by atoms with Crippen molar-refractivity contribution >= 4 is 11.2 Å². The summed E-state index contributed by atoms with van der Waals surface area (Å²) in [5.41, 5.74) is 0.0552. The molecule has 2 aromatic heterocycles. The summed E-state index contributed by atoms with van der Waals surface area (Å²) < 4.78 is 5.23. The Bertz CT molecular complexity index is 859. The minimum Gasteiger partial charge on any atom is -0.496 e. The number of para-hydroxylation sites is 1. The zero-order chi connectivity index (χ0) is 13.4. The molecule has 0 spiro atoms. The molecule has 0 radical (unpaired) electrons. The molecule has 0 bridgehead atoms. The molecule has 1 aromatic carbocycles. The number of benzene rings is 1. The maximum absolute atomic E-state index is 11.6. The van der Waals surface area contributed by atoms with Crippen LogP contribution in [-0.2, 0) is 0 Å². The Labute approximate surface area is 106 Å². The predicted molar refractivity (Wildman–Crippen MR) is 69.3 cm³/mol. The van der Waals surface area contributed by atoms with E-state index in [0.717, 1.165) is 0 Å². The van der Waals surface area contributed by atoms with E-state index in [1.165, 1.54) is 0 Å². The van der Waals surface area contributed by atoms with E-state index in [-0.39, 0.29) is 11.2 Å². The maximum Gasteiger partial charge on any atom is 0.327 e. The molecule has 0 amide bonds. The summed E-state index contributed by atoms with van der Waals surface area (Å²) in [6.07, 6.45) is 0. The van der Waals surface area contributed by atoms with Gasteiger partial charge in [-0.05, 0) is 12.1 Å². The number of nitrogens with zero attached hydrogens (tertiary/aromatic N) is 1. The van der Waals surface area contributed by atoms with Gasteiger partial charge in [0.15, 0.2) is 5.65 Å². The molecule has 0 saturated heterocycles. The molecule has 0 aliphatic heterocycles. The van der Waals surface area contributed by atoms with E-state index in [1.54, 1.807) is 13.2 Å². The topological polar surface area (TPSA) is 104 Å². The van der Waals surface area contributed by atoms with Gasteiger partial charge >= 0.3 is 5.69 Å². The molecule has 3 rings (SSSR count). The van der Waals surface area contributed by atoms with E-state index >= 15 is 0 Å². The van der Waals surface area contributed by atoms with Gasteiger partial charge in [-0.15, -0.1) is 0 Å². The number of imidazole rings is 1. The third-order valence-electron chi connectivity index (χ3n) is 2.75. The number of methoxy groups -OCH3 is 1. The molecule has 0 aliphatic rings. The lowest BCUT2D eigenvalue weighted by Gasteiger charge is -2.04. The van der Waals surface area contributed by atoms with E-state index in [2.05, 4.69) is 19.9 Å². The number of hydrogen-bond donors (Lipinski definition) is 3. The average molecular weight is 258 g/mol. The van der Waals surface area contributed by atoms with Crippen LogP contribution in [0.15, 0.2) is 33.9 Å². The summed E-state index contributed by atoms with van der Waals surface area (Å²) in [6, 6.07) is 7.26. The SMILES string of the molecule is COc1ccccc1-c1nc2[nH]c(=O)[nH]c(=O)c2[nH]1. The Balaban J connectivity index is 2.29. The first-order valence-corrected chi connectivity index (χ1v) is 5.55. The summed E-state index contributed by atoms with van der Waals surface area (Å²) in [4.78, 5) is 34.5. The Kier molecular flexibility index (Phi) is 2.45. The van der Waals surface area contributed by atoms with Gasteiger partial charge in [0.1, 0.15) is 17.1 Å². The molecule has 3 N–H and O–H groups in total. The first kappa shape index (κ1) is 11.3. The van der Waals surface area contributed by atoms with Crippen molar-refractivity contribution in [3.05, 3.63) is 45.1 Å². The zero-order valence-corrected chi connectivity index (χ0v) is 9.98. The highest BCUT2D eigenvalue weighted by atomic mass is 16.5. The van der Waals surface area contributed by atoms with Crippen LogP contribution >= 0.6 is 0 Å². The predicted octanol–water partition coefficient (Wildman–Crippen LogP) is 0.615. The summed E-state index contributed by atoms with van der Waals surface area (Å²) in [7, 11) is 1.55. The molecule has 0 fully saturated rings. The molecule has 7 nitrogen and oxygen atoms in total. The van der Waals surface area contributed by atoms with Gasteiger partial charge < -0.3 is 9.72 Å².